The molecule has 1 heterocycles. The fourth-order valence-corrected chi connectivity index (χ4v) is 2.48. The third-order valence-electron chi connectivity index (χ3n) is 2.94. The van der Waals surface area contributed by atoms with Crippen LogP contribution in [0.15, 0.2) is 23.4 Å². The maximum absolute atomic E-state index is 11.6. The van der Waals surface area contributed by atoms with Crippen LogP contribution in [-0.2, 0) is 4.79 Å². The normalized spacial score (nSPS) is 14.4. The van der Waals surface area contributed by atoms with Crippen molar-refractivity contribution in [1.82, 2.24) is 15.3 Å². The van der Waals surface area contributed by atoms with Gasteiger partial charge in [-0.15, -0.1) is 0 Å². The summed E-state index contributed by atoms with van der Waals surface area (Å²) in [5.74, 6) is 0.280. The van der Waals surface area contributed by atoms with E-state index in [1.807, 2.05) is 0 Å². The van der Waals surface area contributed by atoms with E-state index < -0.39 is 4.92 Å². The van der Waals surface area contributed by atoms with Crippen LogP contribution in [0.4, 0.5) is 5.69 Å². The maximum Gasteiger partial charge on any atom is 0.271 e. The number of imidazole rings is 1. The highest BCUT2D eigenvalue weighted by Crippen LogP contribution is 2.23. The predicted octanol–water partition coefficient (Wildman–Crippen LogP) is 1.84. The Bertz CT molecular complexity index is 680. The number of fused-ring (bicyclic) bond motifs is 1. The van der Waals surface area contributed by atoms with Gasteiger partial charge in [-0.2, -0.15) is 0 Å². The van der Waals surface area contributed by atoms with Crippen molar-refractivity contribution < 1.29 is 9.72 Å². The van der Waals surface area contributed by atoms with E-state index in [2.05, 4.69) is 15.3 Å². The van der Waals surface area contributed by atoms with E-state index in [0.29, 0.717) is 28.0 Å². The summed E-state index contributed by atoms with van der Waals surface area (Å²) >= 11 is 1.29. The SMILES string of the molecule is O=C(CSc1nc2ccc([N+](=O)[O-])cc2[nH]1)NC1CC1. The summed E-state index contributed by atoms with van der Waals surface area (Å²) in [7, 11) is 0. The van der Waals surface area contributed by atoms with Crippen LogP contribution >= 0.6 is 11.8 Å². The molecule has 104 valence electrons. The maximum atomic E-state index is 11.6. The minimum Gasteiger partial charge on any atom is -0.353 e. The summed E-state index contributed by atoms with van der Waals surface area (Å²) in [6, 6.07) is 4.80. The van der Waals surface area contributed by atoms with Gasteiger partial charge in [-0.05, 0) is 18.9 Å². The zero-order chi connectivity index (χ0) is 14.1. The fourth-order valence-electron chi connectivity index (χ4n) is 1.79. The number of carbonyl (C=O) groups excluding carboxylic acids is 1. The molecule has 0 radical (unpaired) electrons. The molecule has 1 aromatic carbocycles. The van der Waals surface area contributed by atoms with Gasteiger partial charge in [0.15, 0.2) is 5.16 Å². The number of hydrogen-bond donors (Lipinski definition) is 2. The number of hydrogen-bond acceptors (Lipinski definition) is 5. The number of non-ortho nitro benzene ring substituents is 1. The van der Waals surface area contributed by atoms with Crippen LogP contribution < -0.4 is 5.32 Å². The number of aromatic amines is 1. The lowest BCUT2D eigenvalue weighted by molar-refractivity contribution is -0.384. The first kappa shape index (κ1) is 12.9. The summed E-state index contributed by atoms with van der Waals surface area (Å²) in [5, 5.41) is 14.2. The molecule has 1 saturated carbocycles. The predicted molar refractivity (Wildman–Crippen MR) is 74.6 cm³/mol. The average molecular weight is 292 g/mol. The Morgan fingerprint density at radius 2 is 2.35 bits per heavy atom. The first-order valence-electron chi connectivity index (χ1n) is 6.18. The Balaban J connectivity index is 1.68. The molecule has 1 aliphatic rings. The fraction of sp³-hybridized carbons (Fsp3) is 0.333. The van der Waals surface area contributed by atoms with E-state index in [-0.39, 0.29) is 11.6 Å². The number of H-pyrrole nitrogens is 1. The van der Waals surface area contributed by atoms with E-state index in [1.54, 1.807) is 6.07 Å². The van der Waals surface area contributed by atoms with E-state index >= 15 is 0 Å². The monoisotopic (exact) mass is 292 g/mol. The van der Waals surface area contributed by atoms with Crippen molar-refractivity contribution in [3.63, 3.8) is 0 Å². The van der Waals surface area contributed by atoms with Crippen LogP contribution in [0.2, 0.25) is 0 Å². The second-order valence-corrected chi connectivity index (χ2v) is 5.60. The molecule has 1 fully saturated rings. The molecule has 7 nitrogen and oxygen atoms in total. The summed E-state index contributed by atoms with van der Waals surface area (Å²) in [5.41, 5.74) is 1.27. The zero-order valence-electron chi connectivity index (χ0n) is 10.5. The number of thioether (sulfide) groups is 1. The first-order valence-corrected chi connectivity index (χ1v) is 7.17. The average Bonchev–Trinajstić information content (AvgIpc) is 3.12. The molecule has 0 unspecified atom stereocenters. The van der Waals surface area contributed by atoms with Gasteiger partial charge >= 0.3 is 0 Å². The number of carbonyl (C=O) groups is 1. The number of rotatable bonds is 5. The van der Waals surface area contributed by atoms with Gasteiger partial charge < -0.3 is 10.3 Å². The van der Waals surface area contributed by atoms with E-state index in [9.17, 15) is 14.9 Å². The number of aromatic nitrogens is 2. The summed E-state index contributed by atoms with van der Waals surface area (Å²) < 4.78 is 0. The molecule has 1 aliphatic carbocycles. The van der Waals surface area contributed by atoms with Crippen LogP contribution in [0.5, 0.6) is 0 Å². The van der Waals surface area contributed by atoms with Crippen molar-refractivity contribution in [2.75, 3.05) is 5.75 Å². The Labute approximate surface area is 118 Å². The number of nitro groups is 1. The summed E-state index contributed by atoms with van der Waals surface area (Å²) in [4.78, 5) is 29.1. The lowest BCUT2D eigenvalue weighted by Crippen LogP contribution is -2.27. The Kier molecular flexibility index (Phi) is 3.31. The van der Waals surface area contributed by atoms with Gasteiger partial charge in [0.2, 0.25) is 5.91 Å². The van der Waals surface area contributed by atoms with Crippen LogP contribution in [0, 0.1) is 10.1 Å². The molecular weight excluding hydrogens is 280 g/mol. The molecule has 8 heteroatoms. The van der Waals surface area contributed by atoms with Crippen molar-refractivity contribution in [1.29, 1.82) is 0 Å². The smallest absolute Gasteiger partial charge is 0.271 e. The van der Waals surface area contributed by atoms with Gasteiger partial charge in [0.25, 0.3) is 5.69 Å². The minimum atomic E-state index is -0.448. The molecule has 0 bridgehead atoms. The summed E-state index contributed by atoms with van der Waals surface area (Å²) in [6.45, 7) is 0. The van der Waals surface area contributed by atoms with Crippen molar-refractivity contribution in [3.05, 3.63) is 28.3 Å². The molecule has 1 aromatic heterocycles. The Morgan fingerprint density at radius 1 is 1.55 bits per heavy atom. The molecule has 2 N–H and O–H groups in total. The van der Waals surface area contributed by atoms with Crippen LogP contribution in [0.3, 0.4) is 0 Å². The molecule has 3 rings (SSSR count). The molecule has 1 amide bonds. The molecule has 0 saturated heterocycles. The highest BCUT2D eigenvalue weighted by atomic mass is 32.2. The quantitative estimate of drug-likeness (QED) is 0.497. The second-order valence-electron chi connectivity index (χ2n) is 4.63. The molecule has 20 heavy (non-hydrogen) atoms. The molecule has 0 spiro atoms. The number of nitrogens with zero attached hydrogens (tertiary/aromatic N) is 2. The number of nitro benzene ring substituents is 1. The summed E-state index contributed by atoms with van der Waals surface area (Å²) in [6.07, 6.45) is 2.12. The highest BCUT2D eigenvalue weighted by molar-refractivity contribution is 7.99. The first-order chi connectivity index (χ1) is 9.61. The zero-order valence-corrected chi connectivity index (χ0v) is 11.3. The molecular formula is C12H12N4O3S. The van der Waals surface area contributed by atoms with Gasteiger partial charge in [0, 0.05) is 18.2 Å². The standard InChI is InChI=1S/C12H12N4O3S/c17-11(13-7-1-2-7)6-20-12-14-9-4-3-8(16(18)19)5-10(9)15-12/h3-5,7H,1-2,6H2,(H,13,17)(H,14,15). The van der Waals surface area contributed by atoms with Crippen molar-refractivity contribution in [2.24, 2.45) is 0 Å². The van der Waals surface area contributed by atoms with Gasteiger partial charge in [0.1, 0.15) is 0 Å². The topological polar surface area (TPSA) is 101 Å². The largest absolute Gasteiger partial charge is 0.353 e. The van der Waals surface area contributed by atoms with Gasteiger partial charge in [-0.25, -0.2) is 4.98 Å². The van der Waals surface area contributed by atoms with Gasteiger partial charge in [-0.3, -0.25) is 14.9 Å². The lowest BCUT2D eigenvalue weighted by atomic mass is 10.3. The van der Waals surface area contributed by atoms with Crippen LogP contribution in [0.25, 0.3) is 11.0 Å². The second kappa shape index (κ2) is 5.12. The van der Waals surface area contributed by atoms with Crippen molar-refractivity contribution >= 4 is 34.4 Å². The Hall–Kier alpha value is -2.09. The highest BCUT2D eigenvalue weighted by Gasteiger charge is 2.23. The third-order valence-corrected chi connectivity index (χ3v) is 3.81. The molecule has 0 atom stereocenters. The number of benzene rings is 1. The van der Waals surface area contributed by atoms with Crippen molar-refractivity contribution in [2.45, 2.75) is 24.0 Å². The minimum absolute atomic E-state index is 0.0102. The number of nitrogens with one attached hydrogen (secondary N) is 2. The van der Waals surface area contributed by atoms with Crippen LogP contribution in [-0.4, -0.2) is 32.6 Å². The van der Waals surface area contributed by atoms with Crippen molar-refractivity contribution in [3.8, 4) is 0 Å². The molecule has 0 aliphatic heterocycles. The van der Waals surface area contributed by atoms with E-state index in [0.717, 1.165) is 12.8 Å². The third kappa shape index (κ3) is 2.90. The Morgan fingerprint density at radius 3 is 3.05 bits per heavy atom. The van der Waals surface area contributed by atoms with Gasteiger partial charge in [-0.1, -0.05) is 11.8 Å². The van der Waals surface area contributed by atoms with Gasteiger partial charge in [0.05, 0.1) is 21.7 Å². The van der Waals surface area contributed by atoms with E-state index in [4.69, 9.17) is 0 Å². The molecule has 2 aromatic rings. The lowest BCUT2D eigenvalue weighted by Gasteiger charge is -2.00. The van der Waals surface area contributed by atoms with Crippen LogP contribution in [0.1, 0.15) is 12.8 Å². The van der Waals surface area contributed by atoms with E-state index in [1.165, 1.54) is 23.9 Å². The number of amides is 1.